The molecule has 216 valence electrons. The largest absolute Gasteiger partial charge is 0.0610 e. The summed E-state index contributed by atoms with van der Waals surface area (Å²) < 4.78 is 0. The maximum atomic E-state index is 2.41. The topological polar surface area (TPSA) is 0 Å². The van der Waals surface area contributed by atoms with E-state index in [1.807, 2.05) is 0 Å². The molecule has 0 amide bonds. The molecule has 0 heterocycles. The molecule has 0 nitrogen and oxygen atoms in total. The van der Waals surface area contributed by atoms with Crippen LogP contribution in [0, 0.1) is 6.92 Å². The van der Waals surface area contributed by atoms with Gasteiger partial charge >= 0.3 is 0 Å². The fourth-order valence-corrected chi connectivity index (χ4v) is 8.89. The van der Waals surface area contributed by atoms with Crippen LogP contribution in [0.5, 0.6) is 0 Å². The average molecular weight is 593 g/mol. The Morgan fingerprint density at radius 3 is 1.00 bits per heavy atom. The number of hydrogen-bond acceptors (Lipinski definition) is 0. The Kier molecular flexibility index (Phi) is 4.86. The van der Waals surface area contributed by atoms with E-state index in [-0.39, 0.29) is 0 Å². The number of hydrogen-bond donors (Lipinski definition) is 0. The summed E-state index contributed by atoms with van der Waals surface area (Å²) in [7, 11) is 0. The first-order valence-corrected chi connectivity index (χ1v) is 16.5. The van der Waals surface area contributed by atoms with Crippen molar-refractivity contribution in [2.24, 2.45) is 0 Å². The summed E-state index contributed by atoms with van der Waals surface area (Å²) in [5.41, 5.74) is 6.35. The van der Waals surface area contributed by atoms with Crippen molar-refractivity contribution in [3.8, 4) is 22.3 Å². The maximum absolute atomic E-state index is 2.41. The lowest BCUT2D eigenvalue weighted by molar-refractivity contribution is 1.47. The second-order valence-electron chi connectivity index (χ2n) is 13.3. The fraction of sp³-hybridized carbons (Fsp3) is 0.0213. The van der Waals surface area contributed by atoms with Crippen molar-refractivity contribution in [2.45, 2.75) is 6.92 Å². The molecule has 0 aliphatic heterocycles. The molecule has 0 saturated carbocycles. The van der Waals surface area contributed by atoms with Crippen LogP contribution >= 0.6 is 0 Å². The highest BCUT2D eigenvalue weighted by Crippen LogP contribution is 2.46. The van der Waals surface area contributed by atoms with Gasteiger partial charge in [-0.1, -0.05) is 146 Å². The van der Waals surface area contributed by atoms with E-state index in [4.69, 9.17) is 0 Å². The van der Waals surface area contributed by atoms with Gasteiger partial charge in [0.05, 0.1) is 0 Å². The molecular weight excluding hydrogens is 565 g/mol. The van der Waals surface area contributed by atoms with Crippen LogP contribution in [0.15, 0.2) is 152 Å². The van der Waals surface area contributed by atoms with Crippen LogP contribution in [0.3, 0.4) is 0 Å². The van der Waals surface area contributed by atoms with Gasteiger partial charge in [0.15, 0.2) is 0 Å². The highest BCUT2D eigenvalue weighted by atomic mass is 14.2. The predicted octanol–water partition coefficient (Wildman–Crippen LogP) is 13.4. The van der Waals surface area contributed by atoms with E-state index in [2.05, 4.69) is 159 Å². The molecule has 0 unspecified atom stereocenters. The van der Waals surface area contributed by atoms with Crippen molar-refractivity contribution in [1.29, 1.82) is 0 Å². The Bertz CT molecular complexity index is 2760. The molecular formula is C47H28. The third-order valence-corrected chi connectivity index (χ3v) is 10.8. The summed E-state index contributed by atoms with van der Waals surface area (Å²) in [5.74, 6) is 0. The van der Waals surface area contributed by atoms with Crippen LogP contribution in [0.1, 0.15) is 5.56 Å². The highest BCUT2D eigenvalue weighted by Gasteiger charge is 2.18. The Balaban J connectivity index is 1.19. The minimum absolute atomic E-state index is 1.26. The average Bonchev–Trinajstić information content (AvgIpc) is 3.12. The quantitative estimate of drug-likeness (QED) is 0.138. The summed E-state index contributed by atoms with van der Waals surface area (Å²) in [6.07, 6.45) is 0. The van der Waals surface area contributed by atoms with Crippen molar-refractivity contribution in [1.82, 2.24) is 0 Å². The first kappa shape index (κ1) is 25.2. The van der Waals surface area contributed by atoms with Crippen LogP contribution < -0.4 is 0 Å². The highest BCUT2D eigenvalue weighted by molar-refractivity contribution is 6.35. The van der Waals surface area contributed by atoms with E-state index in [1.54, 1.807) is 0 Å². The molecule has 0 spiro atoms. The molecule has 11 aromatic carbocycles. The number of benzene rings is 11. The van der Waals surface area contributed by atoms with Gasteiger partial charge in [-0.15, -0.1) is 0 Å². The molecule has 0 saturated heterocycles. The third-order valence-electron chi connectivity index (χ3n) is 10.8. The molecule has 0 N–H and O–H groups in total. The van der Waals surface area contributed by atoms with Gasteiger partial charge in [-0.25, -0.2) is 0 Å². The van der Waals surface area contributed by atoms with E-state index in [1.165, 1.54) is 114 Å². The monoisotopic (exact) mass is 592 g/mol. The Hall–Kier alpha value is -5.98. The van der Waals surface area contributed by atoms with E-state index < -0.39 is 0 Å². The first-order valence-electron chi connectivity index (χ1n) is 16.5. The molecule has 0 aromatic heterocycles. The molecule has 0 fully saturated rings. The second kappa shape index (κ2) is 9.06. The van der Waals surface area contributed by atoms with E-state index in [0.29, 0.717) is 0 Å². The predicted molar refractivity (Wildman–Crippen MR) is 204 cm³/mol. The van der Waals surface area contributed by atoms with Gasteiger partial charge in [0.25, 0.3) is 0 Å². The van der Waals surface area contributed by atoms with Gasteiger partial charge in [-0.05, 0) is 127 Å². The van der Waals surface area contributed by atoms with Crippen LogP contribution in [0.4, 0.5) is 0 Å². The zero-order valence-corrected chi connectivity index (χ0v) is 25.9. The molecule has 0 aliphatic carbocycles. The molecule has 0 radical (unpaired) electrons. The molecule has 47 heavy (non-hydrogen) atoms. The van der Waals surface area contributed by atoms with Crippen LogP contribution in [0.2, 0.25) is 0 Å². The standard InChI is InChI=1S/C47H28/c1-27-24-30(32-20-22-42-38-14-4-10-28-8-2-12-36(44(28)38)40-18-6-16-34(32)46(40)42)26-31(25-27)33-21-23-43-39-15-5-11-29-9-3-13-37(45(29)39)41-19-7-17-35(33)47(41)43/h2-26H,1H3. The minimum Gasteiger partial charge on any atom is -0.0610 e. The van der Waals surface area contributed by atoms with Crippen LogP contribution in [-0.4, -0.2) is 0 Å². The van der Waals surface area contributed by atoms with Gasteiger partial charge in [0, 0.05) is 0 Å². The van der Waals surface area contributed by atoms with Crippen molar-refractivity contribution in [3.63, 3.8) is 0 Å². The molecule has 0 atom stereocenters. The summed E-state index contributed by atoms with van der Waals surface area (Å²) in [6, 6.07) is 57.1. The van der Waals surface area contributed by atoms with Gasteiger partial charge in [-0.3, -0.25) is 0 Å². The smallest absolute Gasteiger partial charge is 0.00201 e. The molecule has 11 rings (SSSR count). The molecule has 0 aliphatic rings. The number of fused-ring (bicyclic) bond motifs is 4. The van der Waals surface area contributed by atoms with Gasteiger partial charge in [-0.2, -0.15) is 0 Å². The van der Waals surface area contributed by atoms with Crippen molar-refractivity contribution < 1.29 is 0 Å². The third kappa shape index (κ3) is 3.32. The summed E-state index contributed by atoms with van der Waals surface area (Å²) >= 11 is 0. The summed E-state index contributed by atoms with van der Waals surface area (Å²) in [5, 5.41) is 21.3. The Morgan fingerprint density at radius 1 is 0.277 bits per heavy atom. The zero-order valence-electron chi connectivity index (χ0n) is 25.9. The number of aryl methyl sites for hydroxylation is 1. The van der Waals surface area contributed by atoms with Gasteiger partial charge in [0.2, 0.25) is 0 Å². The molecule has 0 bridgehead atoms. The van der Waals surface area contributed by atoms with Gasteiger partial charge in [0.1, 0.15) is 0 Å². The lowest BCUT2D eigenvalue weighted by atomic mass is 9.85. The second-order valence-corrected chi connectivity index (χ2v) is 13.3. The fourth-order valence-electron chi connectivity index (χ4n) is 8.89. The van der Waals surface area contributed by atoms with Crippen molar-refractivity contribution in [2.75, 3.05) is 0 Å². The van der Waals surface area contributed by atoms with Crippen LogP contribution in [-0.2, 0) is 0 Å². The SMILES string of the molecule is Cc1cc(-c2ccc3c4cccc5cccc(c6cccc2c63)c54)cc(-c2ccc3c4cccc5cccc(c6cccc2c63)c54)c1. The number of rotatable bonds is 2. The van der Waals surface area contributed by atoms with E-state index in [0.717, 1.165) is 0 Å². The lowest BCUT2D eigenvalue weighted by Gasteiger charge is -2.18. The Labute approximate surface area is 271 Å². The summed E-state index contributed by atoms with van der Waals surface area (Å²) in [4.78, 5) is 0. The minimum atomic E-state index is 1.26. The van der Waals surface area contributed by atoms with Gasteiger partial charge < -0.3 is 0 Å². The van der Waals surface area contributed by atoms with Crippen LogP contribution in [0.25, 0.3) is 108 Å². The first-order chi connectivity index (χ1) is 23.2. The lowest BCUT2D eigenvalue weighted by Crippen LogP contribution is -1.91. The molecule has 0 heteroatoms. The van der Waals surface area contributed by atoms with E-state index >= 15 is 0 Å². The maximum Gasteiger partial charge on any atom is -0.00201 e. The summed E-state index contributed by atoms with van der Waals surface area (Å²) in [6.45, 7) is 2.23. The van der Waals surface area contributed by atoms with Crippen molar-refractivity contribution in [3.05, 3.63) is 157 Å². The van der Waals surface area contributed by atoms with E-state index in [9.17, 15) is 0 Å². The zero-order chi connectivity index (χ0) is 30.8. The van der Waals surface area contributed by atoms with Crippen molar-refractivity contribution >= 4 is 86.2 Å². The Morgan fingerprint density at radius 2 is 0.596 bits per heavy atom. The molecule has 11 aromatic rings. The normalized spacial score (nSPS) is 12.4.